The molecule has 4 heteroatoms. The second-order valence-corrected chi connectivity index (χ2v) is 3.48. The predicted molar refractivity (Wildman–Crippen MR) is 60.4 cm³/mol. The average molecular weight is 222 g/mol. The van der Waals surface area contributed by atoms with E-state index in [-0.39, 0.29) is 13.2 Å². The molecular weight excluding hydrogens is 196 g/mol. The van der Waals surface area contributed by atoms with Crippen LogP contribution in [-0.2, 0) is 0 Å². The lowest BCUT2D eigenvalue weighted by molar-refractivity contribution is -0.0463. The molecule has 0 aromatic heterocycles. The van der Waals surface area contributed by atoms with E-state index < -0.39 is 6.29 Å². The Kier molecular flexibility index (Phi) is 18.7. The highest BCUT2D eigenvalue weighted by molar-refractivity contribution is 4.39. The third-order valence-electron chi connectivity index (χ3n) is 1.88. The lowest BCUT2D eigenvalue weighted by Crippen LogP contribution is -2.02. The summed E-state index contributed by atoms with van der Waals surface area (Å²) in [6.45, 7) is 2.58. The van der Waals surface area contributed by atoms with Gasteiger partial charge in [0, 0.05) is 13.2 Å². The van der Waals surface area contributed by atoms with Gasteiger partial charge in [0.05, 0.1) is 0 Å². The van der Waals surface area contributed by atoms with Crippen LogP contribution in [0.4, 0.5) is 0 Å². The number of hydrogen-bond acceptors (Lipinski definition) is 4. The zero-order chi connectivity index (χ0) is 11.9. The van der Waals surface area contributed by atoms with Crippen molar-refractivity contribution < 1.29 is 20.4 Å². The van der Waals surface area contributed by atoms with Crippen LogP contribution in [0.15, 0.2) is 0 Å². The Labute approximate surface area is 92.6 Å². The molecule has 0 aromatic carbocycles. The molecule has 0 bridgehead atoms. The van der Waals surface area contributed by atoms with E-state index in [4.69, 9.17) is 20.4 Å². The molecular formula is C11H26O4. The van der Waals surface area contributed by atoms with Gasteiger partial charge in [-0.15, -0.1) is 0 Å². The van der Waals surface area contributed by atoms with Crippen LogP contribution >= 0.6 is 0 Å². The first-order valence-electron chi connectivity index (χ1n) is 5.76. The standard InChI is InChI=1S/C6H14O2.C5H12O2/c7-5-3-1-2-4-6-8;1-2-3-4-5(6)7/h7-8H,1-6H2;5-7H,2-4H2,1H3. The smallest absolute Gasteiger partial charge is 0.151 e. The highest BCUT2D eigenvalue weighted by atomic mass is 16.5. The van der Waals surface area contributed by atoms with Crippen molar-refractivity contribution in [3.05, 3.63) is 0 Å². The topological polar surface area (TPSA) is 80.9 Å². The van der Waals surface area contributed by atoms with Crippen molar-refractivity contribution in [2.45, 2.75) is 58.2 Å². The Morgan fingerprint density at radius 2 is 1.27 bits per heavy atom. The second kappa shape index (κ2) is 16.3. The Morgan fingerprint density at radius 1 is 0.800 bits per heavy atom. The van der Waals surface area contributed by atoms with Crippen LogP contribution in [-0.4, -0.2) is 39.9 Å². The van der Waals surface area contributed by atoms with Crippen molar-refractivity contribution in [2.75, 3.05) is 13.2 Å². The molecule has 0 spiro atoms. The Morgan fingerprint density at radius 3 is 1.47 bits per heavy atom. The van der Waals surface area contributed by atoms with Gasteiger partial charge >= 0.3 is 0 Å². The molecule has 0 heterocycles. The van der Waals surface area contributed by atoms with Crippen molar-refractivity contribution in [3.8, 4) is 0 Å². The lowest BCUT2D eigenvalue weighted by atomic mass is 10.2. The van der Waals surface area contributed by atoms with Crippen molar-refractivity contribution in [3.63, 3.8) is 0 Å². The number of hydrogen-bond donors (Lipinski definition) is 4. The minimum absolute atomic E-state index is 0.283. The van der Waals surface area contributed by atoms with Crippen LogP contribution in [0.3, 0.4) is 0 Å². The molecule has 0 atom stereocenters. The van der Waals surface area contributed by atoms with Gasteiger partial charge in [-0.1, -0.05) is 26.2 Å². The summed E-state index contributed by atoms with van der Waals surface area (Å²) in [4.78, 5) is 0. The minimum Gasteiger partial charge on any atom is -0.396 e. The first kappa shape index (κ1) is 17.2. The fourth-order valence-corrected chi connectivity index (χ4v) is 0.964. The van der Waals surface area contributed by atoms with E-state index in [0.29, 0.717) is 6.42 Å². The number of rotatable bonds is 8. The number of unbranched alkanes of at least 4 members (excludes halogenated alkanes) is 4. The van der Waals surface area contributed by atoms with E-state index in [1.54, 1.807) is 0 Å². The molecule has 4 N–H and O–H groups in total. The fourth-order valence-electron chi connectivity index (χ4n) is 0.964. The maximum atomic E-state index is 8.30. The zero-order valence-electron chi connectivity index (χ0n) is 9.73. The van der Waals surface area contributed by atoms with Crippen LogP contribution < -0.4 is 0 Å². The van der Waals surface area contributed by atoms with Gasteiger partial charge in [-0.3, -0.25) is 0 Å². The van der Waals surface area contributed by atoms with E-state index in [2.05, 4.69) is 0 Å². The third-order valence-corrected chi connectivity index (χ3v) is 1.88. The molecule has 0 aliphatic carbocycles. The van der Waals surface area contributed by atoms with Crippen molar-refractivity contribution in [2.24, 2.45) is 0 Å². The lowest BCUT2D eigenvalue weighted by Gasteiger charge is -1.97. The molecule has 15 heavy (non-hydrogen) atoms. The normalized spacial score (nSPS) is 10.0. The molecule has 0 aromatic rings. The van der Waals surface area contributed by atoms with Gasteiger partial charge in [0.2, 0.25) is 0 Å². The van der Waals surface area contributed by atoms with Gasteiger partial charge in [-0.25, -0.2) is 0 Å². The summed E-state index contributed by atoms with van der Waals surface area (Å²) in [6, 6.07) is 0. The molecule has 0 radical (unpaired) electrons. The maximum Gasteiger partial charge on any atom is 0.151 e. The third kappa shape index (κ3) is 24.8. The van der Waals surface area contributed by atoms with Crippen molar-refractivity contribution >= 4 is 0 Å². The van der Waals surface area contributed by atoms with Gasteiger partial charge in [0.15, 0.2) is 6.29 Å². The molecule has 0 rings (SSSR count). The highest BCUT2D eigenvalue weighted by Gasteiger charge is 1.92. The number of aliphatic hydroxyl groups is 4. The van der Waals surface area contributed by atoms with Gasteiger partial charge in [-0.05, 0) is 25.7 Å². The van der Waals surface area contributed by atoms with Crippen LogP contribution in [0, 0.1) is 0 Å². The van der Waals surface area contributed by atoms with Gasteiger partial charge in [-0.2, -0.15) is 0 Å². The van der Waals surface area contributed by atoms with Crippen LogP contribution in [0.2, 0.25) is 0 Å². The molecule has 0 unspecified atom stereocenters. The highest BCUT2D eigenvalue weighted by Crippen LogP contribution is 1.96. The maximum absolute atomic E-state index is 8.30. The SMILES string of the molecule is CCCCC(O)O.OCCCCCCO. The van der Waals surface area contributed by atoms with Crippen LogP contribution in [0.5, 0.6) is 0 Å². The van der Waals surface area contributed by atoms with Gasteiger partial charge < -0.3 is 20.4 Å². The summed E-state index contributed by atoms with van der Waals surface area (Å²) in [5.41, 5.74) is 0. The Bertz CT molecular complexity index is 90.6. The first-order valence-corrected chi connectivity index (χ1v) is 5.76. The molecule has 4 nitrogen and oxygen atoms in total. The van der Waals surface area contributed by atoms with E-state index in [1.165, 1.54) is 0 Å². The molecule has 0 saturated carbocycles. The van der Waals surface area contributed by atoms with E-state index in [0.717, 1.165) is 38.5 Å². The fraction of sp³-hybridized carbons (Fsp3) is 1.00. The summed E-state index contributed by atoms with van der Waals surface area (Å²) in [6.07, 6.45) is 5.17. The first-order chi connectivity index (χ1) is 7.18. The summed E-state index contributed by atoms with van der Waals surface area (Å²) in [5.74, 6) is 0. The molecule has 0 amide bonds. The van der Waals surface area contributed by atoms with E-state index in [9.17, 15) is 0 Å². The van der Waals surface area contributed by atoms with Crippen LogP contribution in [0.1, 0.15) is 51.9 Å². The van der Waals surface area contributed by atoms with Gasteiger partial charge in [0.1, 0.15) is 0 Å². The Hall–Kier alpha value is -0.160. The summed E-state index contributed by atoms with van der Waals surface area (Å²) >= 11 is 0. The second-order valence-electron chi connectivity index (χ2n) is 3.48. The summed E-state index contributed by atoms with van der Waals surface area (Å²) < 4.78 is 0. The molecule has 94 valence electrons. The summed E-state index contributed by atoms with van der Waals surface area (Å²) in [5, 5.41) is 33.1. The quantitative estimate of drug-likeness (QED) is 0.365. The van der Waals surface area contributed by atoms with Crippen molar-refractivity contribution in [1.29, 1.82) is 0 Å². The monoisotopic (exact) mass is 222 g/mol. The van der Waals surface area contributed by atoms with E-state index >= 15 is 0 Å². The zero-order valence-corrected chi connectivity index (χ0v) is 9.73. The predicted octanol–water partition coefficient (Wildman–Crippen LogP) is 1.02. The van der Waals surface area contributed by atoms with Crippen LogP contribution in [0.25, 0.3) is 0 Å². The van der Waals surface area contributed by atoms with E-state index in [1.807, 2.05) is 6.92 Å². The number of aliphatic hydroxyl groups excluding tert-OH is 3. The molecule has 0 aliphatic rings. The Balaban J connectivity index is 0. The average Bonchev–Trinajstić information content (AvgIpc) is 2.22. The molecule has 0 fully saturated rings. The largest absolute Gasteiger partial charge is 0.396 e. The van der Waals surface area contributed by atoms with Crippen molar-refractivity contribution in [1.82, 2.24) is 0 Å². The minimum atomic E-state index is -1.10. The molecule has 0 aliphatic heterocycles. The molecule has 0 saturated heterocycles. The summed E-state index contributed by atoms with van der Waals surface area (Å²) in [7, 11) is 0. The van der Waals surface area contributed by atoms with Gasteiger partial charge in [0.25, 0.3) is 0 Å².